The molecule has 0 amide bonds. The molecule has 0 saturated carbocycles. The molecule has 1 aromatic rings. The highest BCUT2D eigenvalue weighted by Gasteiger charge is 2.12. The number of aliphatic hydroxyl groups excluding tert-OH is 1. The molecule has 0 spiro atoms. The van der Waals surface area contributed by atoms with Gasteiger partial charge in [0, 0.05) is 11.8 Å². The average Bonchev–Trinajstić information content (AvgIpc) is 2.35. The molecule has 2 N–H and O–H groups in total. The number of hydrogen-bond donors (Lipinski definition) is 2. The molecule has 0 aromatic heterocycles. The Kier molecular flexibility index (Phi) is 6.14. The molecule has 0 radical (unpaired) electrons. The van der Waals surface area contributed by atoms with Gasteiger partial charge in [-0.25, -0.2) is 13.1 Å². The molecular formula is C12H19NO3S2. The van der Waals surface area contributed by atoms with Gasteiger partial charge in [0.05, 0.1) is 12.4 Å². The first kappa shape index (κ1) is 15.5. The second-order valence-electron chi connectivity index (χ2n) is 4.13. The van der Waals surface area contributed by atoms with Gasteiger partial charge in [0.25, 0.3) is 0 Å². The minimum Gasteiger partial charge on any atom is -0.392 e. The van der Waals surface area contributed by atoms with E-state index in [0.717, 1.165) is 5.56 Å². The van der Waals surface area contributed by atoms with E-state index in [1.165, 1.54) is 0 Å². The lowest BCUT2D eigenvalue weighted by molar-refractivity contribution is 0.282. The Labute approximate surface area is 113 Å². The van der Waals surface area contributed by atoms with E-state index in [0.29, 0.717) is 12.1 Å². The Bertz CT molecular complexity index is 474. The molecule has 0 bridgehead atoms. The molecule has 18 heavy (non-hydrogen) atoms. The number of hydrogen-bond acceptors (Lipinski definition) is 4. The fourth-order valence-corrected chi connectivity index (χ4v) is 3.00. The fraction of sp³-hybridized carbons (Fsp3) is 0.500. The van der Waals surface area contributed by atoms with Crippen LogP contribution in [0, 0.1) is 0 Å². The van der Waals surface area contributed by atoms with Gasteiger partial charge in [-0.2, -0.15) is 11.8 Å². The van der Waals surface area contributed by atoms with E-state index in [-0.39, 0.29) is 17.6 Å². The highest BCUT2D eigenvalue weighted by atomic mass is 32.2. The van der Waals surface area contributed by atoms with Gasteiger partial charge in [-0.15, -0.1) is 0 Å². The molecule has 6 heteroatoms. The number of nitrogens with one attached hydrogen (secondary N) is 1. The van der Waals surface area contributed by atoms with Crippen molar-refractivity contribution in [3.63, 3.8) is 0 Å². The van der Waals surface area contributed by atoms with E-state index in [4.69, 9.17) is 5.11 Å². The molecule has 1 aromatic carbocycles. The van der Waals surface area contributed by atoms with Crippen molar-refractivity contribution in [3.05, 3.63) is 35.4 Å². The van der Waals surface area contributed by atoms with Crippen molar-refractivity contribution in [1.29, 1.82) is 0 Å². The Morgan fingerprint density at radius 3 is 2.67 bits per heavy atom. The number of sulfonamides is 1. The molecule has 0 aliphatic rings. The molecule has 0 heterocycles. The quantitative estimate of drug-likeness (QED) is 0.795. The van der Waals surface area contributed by atoms with Crippen LogP contribution in [0.25, 0.3) is 0 Å². The minimum atomic E-state index is -3.31. The van der Waals surface area contributed by atoms with Crippen LogP contribution in [0.1, 0.15) is 18.1 Å². The first-order chi connectivity index (χ1) is 8.46. The van der Waals surface area contributed by atoms with Gasteiger partial charge in [0.1, 0.15) is 0 Å². The maximum Gasteiger partial charge on any atom is 0.215 e. The van der Waals surface area contributed by atoms with Gasteiger partial charge in [-0.3, -0.25) is 0 Å². The van der Waals surface area contributed by atoms with Gasteiger partial charge in [-0.05, 0) is 17.4 Å². The van der Waals surface area contributed by atoms with Crippen LogP contribution in [0.3, 0.4) is 0 Å². The molecule has 1 unspecified atom stereocenters. The second kappa shape index (κ2) is 7.13. The minimum absolute atomic E-state index is 0.0536. The van der Waals surface area contributed by atoms with Crippen LogP contribution in [0.4, 0.5) is 0 Å². The predicted octanol–water partition coefficient (Wildman–Crippen LogP) is 1.35. The molecule has 102 valence electrons. The summed E-state index contributed by atoms with van der Waals surface area (Å²) in [6.07, 6.45) is 1.95. The van der Waals surface area contributed by atoms with E-state index >= 15 is 0 Å². The summed E-state index contributed by atoms with van der Waals surface area (Å²) in [5.74, 6) is -0.0536. The molecule has 0 aliphatic carbocycles. The van der Waals surface area contributed by atoms with E-state index in [1.54, 1.807) is 36.0 Å². The summed E-state index contributed by atoms with van der Waals surface area (Å²) in [6.45, 7) is 2.33. The number of aliphatic hydroxyl groups is 1. The van der Waals surface area contributed by atoms with Crippen molar-refractivity contribution >= 4 is 21.8 Å². The van der Waals surface area contributed by atoms with Crippen LogP contribution >= 0.6 is 11.8 Å². The van der Waals surface area contributed by atoms with E-state index < -0.39 is 10.0 Å². The van der Waals surface area contributed by atoms with Gasteiger partial charge in [0.15, 0.2) is 0 Å². The lowest BCUT2D eigenvalue weighted by Gasteiger charge is -2.11. The SMILES string of the molecule is CSC(C)CNS(=O)(=O)Cc1cccc(CO)c1. The fourth-order valence-electron chi connectivity index (χ4n) is 1.42. The lowest BCUT2D eigenvalue weighted by Crippen LogP contribution is -2.30. The number of benzene rings is 1. The summed E-state index contributed by atoms with van der Waals surface area (Å²) in [6, 6.07) is 6.97. The molecular weight excluding hydrogens is 270 g/mol. The van der Waals surface area contributed by atoms with Crippen molar-refractivity contribution in [1.82, 2.24) is 4.72 Å². The smallest absolute Gasteiger partial charge is 0.215 e. The van der Waals surface area contributed by atoms with Crippen molar-refractivity contribution < 1.29 is 13.5 Å². The predicted molar refractivity (Wildman–Crippen MR) is 76.0 cm³/mol. The van der Waals surface area contributed by atoms with Gasteiger partial charge in [0.2, 0.25) is 10.0 Å². The monoisotopic (exact) mass is 289 g/mol. The van der Waals surface area contributed by atoms with E-state index in [9.17, 15) is 8.42 Å². The molecule has 1 rings (SSSR count). The summed E-state index contributed by atoms with van der Waals surface area (Å²) >= 11 is 1.62. The summed E-state index contributed by atoms with van der Waals surface area (Å²) in [5, 5.41) is 9.25. The third-order valence-electron chi connectivity index (χ3n) is 2.52. The molecule has 1 atom stereocenters. The van der Waals surface area contributed by atoms with Gasteiger partial charge in [-0.1, -0.05) is 31.2 Å². The average molecular weight is 289 g/mol. The van der Waals surface area contributed by atoms with Crippen LogP contribution in [0.15, 0.2) is 24.3 Å². The molecule has 4 nitrogen and oxygen atoms in total. The maximum atomic E-state index is 11.8. The topological polar surface area (TPSA) is 66.4 Å². The first-order valence-corrected chi connectivity index (χ1v) is 8.59. The Balaban J connectivity index is 2.64. The molecule has 0 aliphatic heterocycles. The van der Waals surface area contributed by atoms with Crippen LogP contribution < -0.4 is 4.72 Å². The number of thioether (sulfide) groups is 1. The third kappa shape index (κ3) is 5.39. The summed E-state index contributed by atoms with van der Waals surface area (Å²) in [7, 11) is -3.31. The van der Waals surface area contributed by atoms with Crippen LogP contribution in [0.2, 0.25) is 0 Å². The summed E-state index contributed by atoms with van der Waals surface area (Å²) in [5.41, 5.74) is 1.41. The second-order valence-corrected chi connectivity index (χ2v) is 7.21. The van der Waals surface area contributed by atoms with E-state index in [1.807, 2.05) is 13.2 Å². The van der Waals surface area contributed by atoms with Crippen molar-refractivity contribution in [2.45, 2.75) is 24.5 Å². The highest BCUT2D eigenvalue weighted by molar-refractivity contribution is 7.99. The lowest BCUT2D eigenvalue weighted by atomic mass is 10.1. The molecule has 0 saturated heterocycles. The Morgan fingerprint density at radius 1 is 1.39 bits per heavy atom. The van der Waals surface area contributed by atoms with Gasteiger partial charge < -0.3 is 5.11 Å². The maximum absolute atomic E-state index is 11.8. The third-order valence-corrected chi connectivity index (χ3v) is 4.81. The van der Waals surface area contributed by atoms with Crippen LogP contribution in [-0.4, -0.2) is 31.6 Å². The zero-order valence-electron chi connectivity index (χ0n) is 10.6. The summed E-state index contributed by atoms with van der Waals surface area (Å²) < 4.78 is 26.3. The van der Waals surface area contributed by atoms with Crippen LogP contribution in [-0.2, 0) is 22.4 Å². The van der Waals surface area contributed by atoms with Crippen molar-refractivity contribution in [3.8, 4) is 0 Å². The van der Waals surface area contributed by atoms with E-state index in [2.05, 4.69) is 4.72 Å². The number of rotatable bonds is 7. The van der Waals surface area contributed by atoms with Gasteiger partial charge >= 0.3 is 0 Å². The first-order valence-electron chi connectivity index (χ1n) is 5.65. The normalized spacial score (nSPS) is 13.5. The standard InChI is InChI=1S/C12H19NO3S2/c1-10(17-2)7-13-18(15,16)9-12-5-3-4-11(6-12)8-14/h3-6,10,13-14H,7-9H2,1-2H3. The van der Waals surface area contributed by atoms with Crippen molar-refractivity contribution in [2.75, 3.05) is 12.8 Å². The highest BCUT2D eigenvalue weighted by Crippen LogP contribution is 2.09. The summed E-state index contributed by atoms with van der Waals surface area (Å²) in [4.78, 5) is 0. The zero-order valence-corrected chi connectivity index (χ0v) is 12.2. The Morgan fingerprint density at radius 2 is 2.06 bits per heavy atom. The molecule has 0 fully saturated rings. The van der Waals surface area contributed by atoms with Crippen molar-refractivity contribution in [2.24, 2.45) is 0 Å². The largest absolute Gasteiger partial charge is 0.392 e. The zero-order chi connectivity index (χ0) is 13.6. The van der Waals surface area contributed by atoms with Crippen LogP contribution in [0.5, 0.6) is 0 Å². The Hall–Kier alpha value is -0.560.